The van der Waals surface area contributed by atoms with Gasteiger partial charge >= 0.3 is 0 Å². The molecule has 0 spiro atoms. The molecular formula is C18H18N6O2S2. The van der Waals surface area contributed by atoms with Crippen LogP contribution < -0.4 is 10.9 Å². The molecule has 4 rings (SSSR count). The van der Waals surface area contributed by atoms with E-state index in [9.17, 15) is 9.59 Å². The Kier molecular flexibility index (Phi) is 5.68. The van der Waals surface area contributed by atoms with E-state index in [1.807, 2.05) is 35.7 Å². The van der Waals surface area contributed by atoms with Gasteiger partial charge in [0.05, 0.1) is 17.0 Å². The first kappa shape index (κ1) is 18.6. The number of fused-ring (bicyclic) bond motifs is 1. The molecule has 0 saturated carbocycles. The molecule has 1 aliphatic rings. The molecule has 2 heterocycles. The van der Waals surface area contributed by atoms with E-state index in [0.29, 0.717) is 10.7 Å². The largest absolute Gasteiger partial charge is 0.272 e. The van der Waals surface area contributed by atoms with E-state index < -0.39 is 0 Å². The van der Waals surface area contributed by atoms with E-state index >= 15 is 0 Å². The molecule has 0 saturated heterocycles. The number of carbonyl (C=O) groups excluding carboxylic acids is 2. The number of carbonyl (C=O) groups is 2. The van der Waals surface area contributed by atoms with Crippen molar-refractivity contribution in [3.8, 4) is 5.69 Å². The van der Waals surface area contributed by atoms with Gasteiger partial charge in [0.1, 0.15) is 0 Å². The highest BCUT2D eigenvalue weighted by Gasteiger charge is 2.20. The van der Waals surface area contributed by atoms with Crippen LogP contribution >= 0.6 is 23.1 Å². The number of benzene rings is 1. The van der Waals surface area contributed by atoms with Crippen molar-refractivity contribution >= 4 is 34.9 Å². The van der Waals surface area contributed by atoms with Crippen molar-refractivity contribution in [2.24, 2.45) is 0 Å². The molecule has 0 fully saturated rings. The average Bonchev–Trinajstić information content (AvgIpc) is 3.38. The third kappa shape index (κ3) is 4.07. The molecular weight excluding hydrogens is 396 g/mol. The van der Waals surface area contributed by atoms with Gasteiger partial charge in [-0.2, -0.15) is 4.68 Å². The monoisotopic (exact) mass is 414 g/mol. The van der Waals surface area contributed by atoms with Gasteiger partial charge < -0.3 is 0 Å². The van der Waals surface area contributed by atoms with E-state index in [2.05, 4.69) is 26.4 Å². The van der Waals surface area contributed by atoms with E-state index in [1.54, 1.807) is 16.0 Å². The fourth-order valence-corrected chi connectivity index (χ4v) is 4.86. The normalized spacial score (nSPS) is 13.0. The highest BCUT2D eigenvalue weighted by atomic mass is 32.2. The molecule has 144 valence electrons. The summed E-state index contributed by atoms with van der Waals surface area (Å²) < 4.78 is 1.56. The molecule has 0 aliphatic heterocycles. The Morgan fingerprint density at radius 2 is 1.96 bits per heavy atom. The van der Waals surface area contributed by atoms with Crippen LogP contribution in [-0.4, -0.2) is 37.8 Å². The Balaban J connectivity index is 1.31. The van der Waals surface area contributed by atoms with Gasteiger partial charge in [0.15, 0.2) is 0 Å². The number of aromatic nitrogens is 4. The fraction of sp³-hybridized carbons (Fsp3) is 0.278. The highest BCUT2D eigenvalue weighted by Crippen LogP contribution is 2.30. The second kappa shape index (κ2) is 8.53. The van der Waals surface area contributed by atoms with Crippen molar-refractivity contribution in [2.75, 3.05) is 5.75 Å². The number of rotatable bonds is 5. The molecule has 0 bridgehead atoms. The standard InChI is InChI=1S/C18H18N6O2S2/c25-16(11-28-18-21-22-23-24(18)12-6-2-1-3-7-12)19-20-17(26)14-10-27-15-9-5-4-8-13(14)15/h1-3,6-7,10H,4-5,8-9,11H2,(H,19,25)(H,20,26). The Labute approximate surface area is 169 Å². The molecule has 0 radical (unpaired) electrons. The van der Waals surface area contributed by atoms with E-state index in [4.69, 9.17) is 0 Å². The number of para-hydroxylation sites is 1. The number of aryl methyl sites for hydroxylation is 1. The number of hydrogen-bond donors (Lipinski definition) is 2. The third-order valence-corrected chi connectivity index (χ3v) is 6.40. The van der Waals surface area contributed by atoms with Crippen molar-refractivity contribution in [3.63, 3.8) is 0 Å². The quantitative estimate of drug-likeness (QED) is 0.490. The van der Waals surface area contributed by atoms with Crippen LogP contribution in [0.3, 0.4) is 0 Å². The van der Waals surface area contributed by atoms with Gasteiger partial charge in [-0.3, -0.25) is 20.4 Å². The molecule has 2 N–H and O–H groups in total. The van der Waals surface area contributed by atoms with Crippen molar-refractivity contribution in [3.05, 3.63) is 51.7 Å². The number of nitrogens with one attached hydrogen (secondary N) is 2. The molecule has 28 heavy (non-hydrogen) atoms. The summed E-state index contributed by atoms with van der Waals surface area (Å²) in [5.41, 5.74) is 7.58. The van der Waals surface area contributed by atoms with Gasteiger partial charge in [0.25, 0.3) is 5.91 Å². The lowest BCUT2D eigenvalue weighted by atomic mass is 9.96. The zero-order valence-corrected chi connectivity index (χ0v) is 16.6. The molecule has 3 aromatic rings. The summed E-state index contributed by atoms with van der Waals surface area (Å²) in [6, 6.07) is 9.43. The third-order valence-electron chi connectivity index (χ3n) is 4.40. The minimum Gasteiger partial charge on any atom is -0.272 e. The van der Waals surface area contributed by atoms with Crippen LogP contribution in [0.5, 0.6) is 0 Å². The topological polar surface area (TPSA) is 102 Å². The van der Waals surface area contributed by atoms with Crippen molar-refractivity contribution in [2.45, 2.75) is 30.8 Å². The molecule has 0 unspecified atom stereocenters. The van der Waals surface area contributed by atoms with Gasteiger partial charge in [-0.05, 0) is 53.8 Å². The van der Waals surface area contributed by atoms with Crippen LogP contribution in [0, 0.1) is 0 Å². The van der Waals surface area contributed by atoms with Gasteiger partial charge in [0, 0.05) is 10.3 Å². The Morgan fingerprint density at radius 1 is 1.14 bits per heavy atom. The lowest BCUT2D eigenvalue weighted by molar-refractivity contribution is -0.119. The lowest BCUT2D eigenvalue weighted by Crippen LogP contribution is -2.42. The predicted octanol–water partition coefficient (Wildman–Crippen LogP) is 2.16. The maximum atomic E-state index is 12.4. The molecule has 0 atom stereocenters. The summed E-state index contributed by atoms with van der Waals surface area (Å²) in [5, 5.41) is 13.9. The first-order valence-electron chi connectivity index (χ1n) is 8.87. The first-order chi connectivity index (χ1) is 13.7. The van der Waals surface area contributed by atoms with Crippen LogP contribution in [0.2, 0.25) is 0 Å². The smallest absolute Gasteiger partial charge is 0.270 e. The lowest BCUT2D eigenvalue weighted by Gasteiger charge is -2.13. The zero-order chi connectivity index (χ0) is 19.3. The summed E-state index contributed by atoms with van der Waals surface area (Å²) in [6.45, 7) is 0. The van der Waals surface area contributed by atoms with Crippen LogP contribution in [0.15, 0.2) is 40.9 Å². The maximum Gasteiger partial charge on any atom is 0.270 e. The van der Waals surface area contributed by atoms with Gasteiger partial charge in [-0.1, -0.05) is 30.0 Å². The number of hydrogen-bond acceptors (Lipinski definition) is 7. The summed E-state index contributed by atoms with van der Waals surface area (Å²) in [7, 11) is 0. The minimum atomic E-state index is -0.329. The van der Waals surface area contributed by atoms with Crippen LogP contribution in [0.25, 0.3) is 5.69 Å². The van der Waals surface area contributed by atoms with Gasteiger partial charge in [-0.15, -0.1) is 16.4 Å². The number of nitrogens with zero attached hydrogens (tertiary/aromatic N) is 4. The zero-order valence-electron chi connectivity index (χ0n) is 14.9. The fourth-order valence-electron chi connectivity index (χ4n) is 3.04. The highest BCUT2D eigenvalue weighted by molar-refractivity contribution is 7.99. The molecule has 2 aromatic heterocycles. The average molecular weight is 415 g/mol. The van der Waals surface area contributed by atoms with Crippen LogP contribution in [0.1, 0.15) is 33.6 Å². The second-order valence-corrected chi connectivity index (χ2v) is 8.16. The molecule has 1 aromatic carbocycles. The van der Waals surface area contributed by atoms with Crippen LogP contribution in [0.4, 0.5) is 0 Å². The second-order valence-electron chi connectivity index (χ2n) is 6.26. The van der Waals surface area contributed by atoms with Crippen LogP contribution in [-0.2, 0) is 17.6 Å². The Bertz CT molecular complexity index is 985. The molecule has 10 heteroatoms. The number of hydrazine groups is 1. The Hall–Kier alpha value is -2.72. The van der Waals surface area contributed by atoms with Gasteiger partial charge in [0.2, 0.25) is 11.1 Å². The molecule has 2 amide bonds. The van der Waals surface area contributed by atoms with Crippen molar-refractivity contribution < 1.29 is 9.59 Å². The van der Waals surface area contributed by atoms with Crippen molar-refractivity contribution in [1.82, 2.24) is 31.1 Å². The van der Waals surface area contributed by atoms with E-state index in [0.717, 1.165) is 30.5 Å². The van der Waals surface area contributed by atoms with E-state index in [1.165, 1.54) is 23.1 Å². The Morgan fingerprint density at radius 3 is 2.82 bits per heavy atom. The number of tetrazole rings is 1. The van der Waals surface area contributed by atoms with Crippen molar-refractivity contribution in [1.29, 1.82) is 0 Å². The number of thiophene rings is 1. The summed E-state index contributed by atoms with van der Waals surface area (Å²) >= 11 is 2.81. The SMILES string of the molecule is O=C(CSc1nnnn1-c1ccccc1)NNC(=O)c1csc2c1CCCC2. The summed E-state index contributed by atoms with van der Waals surface area (Å²) in [5.74, 6) is -0.521. The maximum absolute atomic E-state index is 12.4. The summed E-state index contributed by atoms with van der Waals surface area (Å²) in [6.07, 6.45) is 4.23. The van der Waals surface area contributed by atoms with Gasteiger partial charge in [-0.25, -0.2) is 0 Å². The predicted molar refractivity (Wildman–Crippen MR) is 106 cm³/mol. The van der Waals surface area contributed by atoms with E-state index in [-0.39, 0.29) is 17.6 Å². The molecule has 1 aliphatic carbocycles. The number of thioether (sulfide) groups is 1. The number of amides is 2. The molecule has 8 nitrogen and oxygen atoms in total. The minimum absolute atomic E-state index is 0.0786. The first-order valence-corrected chi connectivity index (χ1v) is 10.7. The summed E-state index contributed by atoms with van der Waals surface area (Å²) in [4.78, 5) is 25.8.